The normalized spacial score (nSPS) is 13.1. The second kappa shape index (κ2) is 6.71. The molecule has 0 fully saturated rings. The van der Waals surface area contributed by atoms with Crippen molar-refractivity contribution in [2.75, 3.05) is 13.6 Å². The fraction of sp³-hybridized carbons (Fsp3) is 0.500. The van der Waals surface area contributed by atoms with Crippen LogP contribution >= 0.6 is 34.2 Å². The Morgan fingerprint density at radius 3 is 2.47 bits per heavy atom. The van der Waals surface area contributed by atoms with E-state index in [0.29, 0.717) is 0 Å². The molecule has 1 rings (SSSR count). The maximum atomic E-state index is 5.92. The van der Waals surface area contributed by atoms with Crippen LogP contribution < -0.4 is 0 Å². The Bertz CT molecular complexity index is 284. The fourth-order valence-corrected chi connectivity index (χ4v) is 1.84. The van der Waals surface area contributed by atoms with Gasteiger partial charge in [-0.1, -0.05) is 12.1 Å². The summed E-state index contributed by atoms with van der Waals surface area (Å²) >= 11 is 8.24. The molecule has 0 aliphatic heterocycles. The van der Waals surface area contributed by atoms with Gasteiger partial charge in [-0.3, -0.25) is 0 Å². The van der Waals surface area contributed by atoms with E-state index in [-0.39, 0.29) is 5.38 Å². The monoisotopic (exact) mass is 337 g/mol. The van der Waals surface area contributed by atoms with Crippen molar-refractivity contribution in [2.45, 2.75) is 25.3 Å². The van der Waals surface area contributed by atoms with E-state index >= 15 is 0 Å². The molecule has 0 heterocycles. The van der Waals surface area contributed by atoms with Crippen molar-refractivity contribution >= 4 is 34.2 Å². The van der Waals surface area contributed by atoms with Crippen molar-refractivity contribution in [1.29, 1.82) is 0 Å². The Hall–Kier alpha value is 0.200. The number of hydrogen-bond acceptors (Lipinski definition) is 1. The molecule has 1 nitrogen and oxygen atoms in total. The van der Waals surface area contributed by atoms with Crippen LogP contribution in [0.15, 0.2) is 24.3 Å². The van der Waals surface area contributed by atoms with Gasteiger partial charge in [-0.15, -0.1) is 11.6 Å². The maximum Gasteiger partial charge on any atom is 0.0320 e. The second-order valence-electron chi connectivity index (χ2n) is 3.93. The van der Waals surface area contributed by atoms with Gasteiger partial charge in [-0.25, -0.2) is 0 Å². The molecule has 0 radical (unpaired) electrons. The van der Waals surface area contributed by atoms with Crippen molar-refractivity contribution in [1.82, 2.24) is 4.90 Å². The average Bonchev–Trinajstić information content (AvgIpc) is 2.19. The van der Waals surface area contributed by atoms with Crippen molar-refractivity contribution in [3.8, 4) is 0 Å². The van der Waals surface area contributed by atoms with Gasteiger partial charge < -0.3 is 4.90 Å². The summed E-state index contributed by atoms with van der Waals surface area (Å²) in [5, 5.41) is 0.268. The predicted octanol–water partition coefficient (Wildman–Crippen LogP) is 3.74. The van der Waals surface area contributed by atoms with Crippen LogP contribution in [0.2, 0.25) is 0 Å². The van der Waals surface area contributed by atoms with Crippen LogP contribution in [0.3, 0.4) is 0 Å². The number of hydrogen-bond donors (Lipinski definition) is 0. The molecular weight excluding hydrogens is 320 g/mol. The van der Waals surface area contributed by atoms with Gasteiger partial charge in [-0.2, -0.15) is 0 Å². The highest BCUT2D eigenvalue weighted by atomic mass is 127. The summed E-state index contributed by atoms with van der Waals surface area (Å²) in [7, 11) is 2.14. The summed E-state index contributed by atoms with van der Waals surface area (Å²) in [6.45, 7) is 4.09. The first kappa shape index (κ1) is 13.3. The quantitative estimate of drug-likeness (QED) is 0.584. The van der Waals surface area contributed by atoms with Gasteiger partial charge in [0.25, 0.3) is 0 Å². The van der Waals surface area contributed by atoms with Gasteiger partial charge >= 0.3 is 0 Å². The lowest BCUT2D eigenvalue weighted by Crippen LogP contribution is -2.20. The lowest BCUT2D eigenvalue weighted by atomic mass is 10.2. The number of alkyl halides is 1. The van der Waals surface area contributed by atoms with Gasteiger partial charge in [0.2, 0.25) is 0 Å². The highest BCUT2D eigenvalue weighted by Crippen LogP contribution is 2.09. The van der Waals surface area contributed by atoms with E-state index in [1.165, 1.54) is 9.13 Å². The fourth-order valence-electron chi connectivity index (χ4n) is 1.38. The number of rotatable bonds is 5. The molecule has 0 aromatic heterocycles. The standard InChI is InChI=1S/C12H17ClIN/c1-10(13)7-8-15(2)9-11-3-5-12(14)6-4-11/h3-6,10H,7-9H2,1-2H3. The molecule has 15 heavy (non-hydrogen) atoms. The van der Waals surface area contributed by atoms with Gasteiger partial charge in [0.1, 0.15) is 0 Å². The van der Waals surface area contributed by atoms with Crippen LogP contribution in [-0.2, 0) is 6.54 Å². The third kappa shape index (κ3) is 5.73. The zero-order valence-corrected chi connectivity index (χ0v) is 12.1. The minimum absolute atomic E-state index is 0.268. The Morgan fingerprint density at radius 2 is 1.93 bits per heavy atom. The molecule has 1 aromatic rings. The van der Waals surface area contributed by atoms with E-state index in [0.717, 1.165) is 19.5 Å². The summed E-state index contributed by atoms with van der Waals surface area (Å²) in [6, 6.07) is 8.66. The molecule has 1 aromatic carbocycles. The molecular formula is C12H17ClIN. The predicted molar refractivity (Wildman–Crippen MR) is 75.4 cm³/mol. The van der Waals surface area contributed by atoms with Gasteiger partial charge in [0.05, 0.1) is 0 Å². The second-order valence-corrected chi connectivity index (χ2v) is 5.92. The third-order valence-electron chi connectivity index (χ3n) is 2.27. The minimum Gasteiger partial charge on any atom is -0.302 e. The van der Waals surface area contributed by atoms with Gasteiger partial charge in [-0.05, 0) is 67.2 Å². The summed E-state index contributed by atoms with van der Waals surface area (Å²) in [4.78, 5) is 2.31. The number of nitrogens with zero attached hydrogens (tertiary/aromatic N) is 1. The van der Waals surface area contributed by atoms with Crippen LogP contribution in [0.4, 0.5) is 0 Å². The van der Waals surface area contributed by atoms with E-state index in [1.807, 2.05) is 6.92 Å². The van der Waals surface area contributed by atoms with Crippen LogP contribution in [0.25, 0.3) is 0 Å². The van der Waals surface area contributed by atoms with Crippen LogP contribution in [0.1, 0.15) is 18.9 Å². The molecule has 0 saturated carbocycles. The first-order valence-electron chi connectivity index (χ1n) is 5.15. The van der Waals surface area contributed by atoms with E-state index in [9.17, 15) is 0 Å². The average molecular weight is 338 g/mol. The Labute approximate surface area is 111 Å². The highest BCUT2D eigenvalue weighted by molar-refractivity contribution is 14.1. The van der Waals surface area contributed by atoms with Crippen LogP contribution in [-0.4, -0.2) is 23.9 Å². The first-order valence-corrected chi connectivity index (χ1v) is 6.66. The topological polar surface area (TPSA) is 3.24 Å². The van der Waals surface area contributed by atoms with Crippen molar-refractivity contribution < 1.29 is 0 Å². The summed E-state index contributed by atoms with van der Waals surface area (Å²) in [5.74, 6) is 0. The lowest BCUT2D eigenvalue weighted by molar-refractivity contribution is 0.322. The van der Waals surface area contributed by atoms with E-state index in [2.05, 4.69) is 58.8 Å². The molecule has 0 N–H and O–H groups in total. The minimum atomic E-state index is 0.268. The Balaban J connectivity index is 2.37. The number of benzene rings is 1. The SMILES string of the molecule is CC(Cl)CCN(C)Cc1ccc(I)cc1. The summed E-state index contributed by atoms with van der Waals surface area (Å²) in [5.41, 5.74) is 1.36. The first-order chi connectivity index (χ1) is 7.08. The molecule has 1 atom stereocenters. The van der Waals surface area contributed by atoms with Gasteiger partial charge in [0.15, 0.2) is 0 Å². The van der Waals surface area contributed by atoms with Crippen molar-refractivity contribution in [3.05, 3.63) is 33.4 Å². The summed E-state index contributed by atoms with van der Waals surface area (Å²) in [6.07, 6.45) is 1.04. The molecule has 0 aliphatic carbocycles. The largest absolute Gasteiger partial charge is 0.302 e. The Morgan fingerprint density at radius 1 is 1.33 bits per heavy atom. The molecule has 0 saturated heterocycles. The smallest absolute Gasteiger partial charge is 0.0320 e. The highest BCUT2D eigenvalue weighted by Gasteiger charge is 2.02. The molecule has 0 aliphatic rings. The molecule has 0 spiro atoms. The maximum absolute atomic E-state index is 5.92. The van der Waals surface area contributed by atoms with E-state index in [1.54, 1.807) is 0 Å². The summed E-state index contributed by atoms with van der Waals surface area (Å²) < 4.78 is 1.29. The van der Waals surface area contributed by atoms with Crippen molar-refractivity contribution in [3.63, 3.8) is 0 Å². The lowest BCUT2D eigenvalue weighted by Gasteiger charge is -2.17. The van der Waals surface area contributed by atoms with E-state index < -0.39 is 0 Å². The molecule has 3 heteroatoms. The molecule has 0 amide bonds. The number of halogens is 2. The van der Waals surface area contributed by atoms with Crippen LogP contribution in [0.5, 0.6) is 0 Å². The van der Waals surface area contributed by atoms with Crippen LogP contribution in [0, 0.1) is 3.57 Å². The third-order valence-corrected chi connectivity index (χ3v) is 3.21. The zero-order chi connectivity index (χ0) is 11.3. The van der Waals surface area contributed by atoms with Gasteiger partial charge in [0, 0.05) is 15.5 Å². The van der Waals surface area contributed by atoms with E-state index in [4.69, 9.17) is 11.6 Å². The zero-order valence-electron chi connectivity index (χ0n) is 9.21. The molecule has 84 valence electrons. The van der Waals surface area contributed by atoms with Crippen molar-refractivity contribution in [2.24, 2.45) is 0 Å². The Kier molecular flexibility index (Phi) is 5.94. The molecule has 0 bridgehead atoms. The molecule has 1 unspecified atom stereocenters.